The van der Waals surface area contributed by atoms with Crippen LogP contribution < -0.4 is 5.32 Å². The van der Waals surface area contributed by atoms with Crippen LogP contribution in [0.25, 0.3) is 0 Å². The summed E-state index contributed by atoms with van der Waals surface area (Å²) in [7, 11) is 0. The molecule has 0 unspecified atom stereocenters. The third kappa shape index (κ3) is 3.91. The highest BCUT2D eigenvalue weighted by Crippen LogP contribution is 2.42. The second kappa shape index (κ2) is 5.78. The molecule has 1 heterocycles. The predicted octanol–water partition coefficient (Wildman–Crippen LogP) is 4.68. The smallest absolute Gasteiger partial charge is 0.202 e. The Labute approximate surface area is 121 Å². The number of nitrogens with zero attached hydrogens (tertiary/aromatic N) is 2. The lowest BCUT2D eigenvalue weighted by Crippen LogP contribution is -2.25. The number of aromatic nitrogens is 2. The Morgan fingerprint density at radius 2 is 1.79 bits per heavy atom. The van der Waals surface area contributed by atoms with Gasteiger partial charge < -0.3 is 5.32 Å². The molecule has 0 radical (unpaired) electrons. The zero-order valence-corrected chi connectivity index (χ0v) is 13.7. The highest BCUT2D eigenvalue weighted by molar-refractivity contribution is 7.09. The van der Waals surface area contributed by atoms with Crippen molar-refractivity contribution < 1.29 is 0 Å². The van der Waals surface area contributed by atoms with Gasteiger partial charge in [-0.25, -0.2) is 4.98 Å². The summed E-state index contributed by atoms with van der Waals surface area (Å²) in [5.74, 6) is 2.51. The highest BCUT2D eigenvalue weighted by atomic mass is 32.1. The van der Waals surface area contributed by atoms with E-state index in [1.807, 2.05) is 0 Å². The minimum atomic E-state index is 0.428. The van der Waals surface area contributed by atoms with Crippen LogP contribution in [0, 0.1) is 11.3 Å². The molecule has 0 amide bonds. The summed E-state index contributed by atoms with van der Waals surface area (Å²) in [6, 6.07) is 0.428. The quantitative estimate of drug-likeness (QED) is 0.874. The molecule has 1 aromatic heterocycles. The van der Waals surface area contributed by atoms with Crippen molar-refractivity contribution in [2.24, 2.45) is 11.3 Å². The van der Waals surface area contributed by atoms with Crippen molar-refractivity contribution in [3.05, 3.63) is 5.82 Å². The van der Waals surface area contributed by atoms with Crippen LogP contribution in [-0.4, -0.2) is 15.4 Å². The van der Waals surface area contributed by atoms with Crippen molar-refractivity contribution in [1.82, 2.24) is 9.36 Å². The van der Waals surface area contributed by atoms with Gasteiger partial charge in [-0.3, -0.25) is 0 Å². The van der Waals surface area contributed by atoms with Crippen molar-refractivity contribution in [3.63, 3.8) is 0 Å². The van der Waals surface area contributed by atoms with Gasteiger partial charge in [-0.1, -0.05) is 20.8 Å². The van der Waals surface area contributed by atoms with Crippen molar-refractivity contribution in [2.75, 3.05) is 5.32 Å². The predicted molar refractivity (Wildman–Crippen MR) is 82.8 cm³/mol. The molecule has 0 aromatic carbocycles. The maximum absolute atomic E-state index is 4.66. The Bertz CT molecular complexity index is 398. The van der Waals surface area contributed by atoms with Crippen molar-refractivity contribution >= 4 is 16.7 Å². The molecule has 3 nitrogen and oxygen atoms in total. The number of anilines is 1. The summed E-state index contributed by atoms with van der Waals surface area (Å²) >= 11 is 1.51. The fourth-order valence-corrected chi connectivity index (χ4v) is 3.72. The lowest BCUT2D eigenvalue weighted by atomic mass is 9.70. The van der Waals surface area contributed by atoms with Crippen molar-refractivity contribution in [1.29, 1.82) is 0 Å². The SMILES string of the molecule is CC(C)Nc1nc(C2CCC(C(C)(C)C)CC2)ns1. The molecule has 1 N–H and O–H groups in total. The summed E-state index contributed by atoms with van der Waals surface area (Å²) in [4.78, 5) is 4.66. The van der Waals surface area contributed by atoms with Gasteiger partial charge in [-0.15, -0.1) is 0 Å². The molecule has 108 valence electrons. The average Bonchev–Trinajstić information content (AvgIpc) is 2.75. The lowest BCUT2D eigenvalue weighted by molar-refractivity contribution is 0.167. The summed E-state index contributed by atoms with van der Waals surface area (Å²) < 4.78 is 4.55. The largest absolute Gasteiger partial charge is 0.358 e. The normalized spacial score (nSPS) is 24.7. The summed E-state index contributed by atoms with van der Waals surface area (Å²) in [6.45, 7) is 11.4. The third-order valence-corrected chi connectivity index (χ3v) is 4.83. The third-order valence-electron chi connectivity index (χ3n) is 4.17. The maximum atomic E-state index is 4.66. The molecule has 0 atom stereocenters. The van der Waals surface area contributed by atoms with E-state index in [9.17, 15) is 0 Å². The minimum Gasteiger partial charge on any atom is -0.358 e. The fourth-order valence-electron chi connectivity index (χ4n) is 2.92. The molecule has 0 saturated heterocycles. The topological polar surface area (TPSA) is 37.8 Å². The van der Waals surface area contributed by atoms with Gasteiger partial charge in [-0.05, 0) is 50.9 Å². The Balaban J connectivity index is 1.92. The number of hydrogen-bond acceptors (Lipinski definition) is 4. The molecule has 2 rings (SSSR count). The van der Waals surface area contributed by atoms with Gasteiger partial charge in [0.25, 0.3) is 0 Å². The highest BCUT2D eigenvalue weighted by Gasteiger charge is 2.31. The summed E-state index contributed by atoms with van der Waals surface area (Å²) in [5, 5.41) is 4.32. The van der Waals surface area contributed by atoms with E-state index >= 15 is 0 Å². The first-order chi connectivity index (χ1) is 8.86. The lowest BCUT2D eigenvalue weighted by Gasteiger charge is -2.36. The van der Waals surface area contributed by atoms with E-state index in [4.69, 9.17) is 0 Å². The van der Waals surface area contributed by atoms with E-state index in [0.717, 1.165) is 16.9 Å². The Kier molecular flexibility index (Phi) is 4.49. The van der Waals surface area contributed by atoms with Gasteiger partial charge >= 0.3 is 0 Å². The van der Waals surface area contributed by atoms with E-state index in [-0.39, 0.29) is 0 Å². The van der Waals surface area contributed by atoms with Crippen molar-refractivity contribution in [3.8, 4) is 0 Å². The van der Waals surface area contributed by atoms with Crippen LogP contribution in [-0.2, 0) is 0 Å². The maximum Gasteiger partial charge on any atom is 0.202 e. The van der Waals surface area contributed by atoms with Crippen LogP contribution in [0.15, 0.2) is 0 Å². The summed E-state index contributed by atoms with van der Waals surface area (Å²) in [6.07, 6.45) is 5.14. The van der Waals surface area contributed by atoms with Crippen molar-refractivity contribution in [2.45, 2.75) is 72.3 Å². The minimum absolute atomic E-state index is 0.428. The van der Waals surface area contributed by atoms with Crippen LogP contribution in [0.4, 0.5) is 5.13 Å². The Morgan fingerprint density at radius 1 is 1.16 bits per heavy atom. The Hall–Kier alpha value is -0.640. The molecule has 0 spiro atoms. The zero-order chi connectivity index (χ0) is 14.0. The van der Waals surface area contributed by atoms with E-state index in [1.165, 1.54) is 37.2 Å². The molecule has 1 aromatic rings. The first kappa shape index (κ1) is 14.8. The van der Waals surface area contributed by atoms with Crippen LogP contribution in [0.3, 0.4) is 0 Å². The molecule has 1 aliphatic carbocycles. The number of hydrogen-bond donors (Lipinski definition) is 1. The van der Waals surface area contributed by atoms with E-state index in [2.05, 4.69) is 49.3 Å². The van der Waals surface area contributed by atoms with Gasteiger partial charge in [0.1, 0.15) is 5.82 Å². The van der Waals surface area contributed by atoms with Gasteiger partial charge in [0.15, 0.2) is 0 Å². The average molecular weight is 281 g/mol. The molecular formula is C15H27N3S. The molecule has 4 heteroatoms. The van der Waals surface area contributed by atoms with Gasteiger partial charge in [0.05, 0.1) is 0 Å². The zero-order valence-electron chi connectivity index (χ0n) is 12.9. The van der Waals surface area contributed by atoms with Crippen LogP contribution in [0.5, 0.6) is 0 Å². The second-order valence-corrected chi connectivity index (χ2v) is 7.92. The van der Waals surface area contributed by atoms with Crippen LogP contribution >= 0.6 is 11.5 Å². The monoisotopic (exact) mass is 281 g/mol. The van der Waals surface area contributed by atoms with E-state index < -0.39 is 0 Å². The van der Waals surface area contributed by atoms with Gasteiger partial charge in [0, 0.05) is 23.5 Å². The number of nitrogens with one attached hydrogen (secondary N) is 1. The molecule has 1 saturated carbocycles. The van der Waals surface area contributed by atoms with Gasteiger partial charge in [0.2, 0.25) is 5.13 Å². The summed E-state index contributed by atoms with van der Waals surface area (Å²) in [5.41, 5.74) is 0.449. The van der Waals surface area contributed by atoms with Crippen LogP contribution in [0.1, 0.15) is 72.0 Å². The molecule has 1 fully saturated rings. The first-order valence-corrected chi connectivity index (χ1v) is 8.23. The molecule has 0 bridgehead atoms. The van der Waals surface area contributed by atoms with Crippen LogP contribution in [0.2, 0.25) is 0 Å². The Morgan fingerprint density at radius 3 is 2.32 bits per heavy atom. The molecule has 0 aliphatic heterocycles. The molecular weight excluding hydrogens is 254 g/mol. The second-order valence-electron chi connectivity index (χ2n) is 7.17. The van der Waals surface area contributed by atoms with Gasteiger partial charge in [-0.2, -0.15) is 4.37 Å². The first-order valence-electron chi connectivity index (χ1n) is 7.46. The van der Waals surface area contributed by atoms with E-state index in [1.54, 1.807) is 0 Å². The van der Waals surface area contributed by atoms with E-state index in [0.29, 0.717) is 17.4 Å². The number of rotatable bonds is 3. The molecule has 1 aliphatic rings. The molecule has 19 heavy (non-hydrogen) atoms. The standard InChI is InChI=1S/C15H27N3S/c1-10(2)16-14-17-13(18-19-14)11-6-8-12(9-7-11)15(3,4)5/h10-12H,6-9H2,1-5H3,(H,16,17,18). The fraction of sp³-hybridized carbons (Fsp3) is 0.867.